The highest BCUT2D eigenvalue weighted by Gasteiger charge is 2.31. The number of aromatic hydroxyl groups is 1. The van der Waals surface area contributed by atoms with Crippen molar-refractivity contribution in [3.8, 4) is 5.75 Å². The Morgan fingerprint density at radius 1 is 1.47 bits per heavy atom. The van der Waals surface area contributed by atoms with E-state index in [0.29, 0.717) is 29.7 Å². The van der Waals surface area contributed by atoms with E-state index >= 15 is 0 Å². The summed E-state index contributed by atoms with van der Waals surface area (Å²) in [7, 11) is 0. The Morgan fingerprint density at radius 3 is 2.84 bits per heavy atom. The minimum atomic E-state index is -0.660. The number of hydrogen-bond acceptors (Lipinski definition) is 4. The second-order valence-corrected chi connectivity index (χ2v) is 5.14. The maximum atomic E-state index is 12.3. The second kappa shape index (κ2) is 5.58. The minimum Gasteiger partial charge on any atom is -0.507 e. The molecule has 0 spiro atoms. The number of nitrogens with zero attached hydrogens (tertiary/aromatic N) is 1. The molecule has 0 saturated carbocycles. The van der Waals surface area contributed by atoms with Crippen LogP contribution in [0.1, 0.15) is 10.4 Å². The van der Waals surface area contributed by atoms with Gasteiger partial charge in [-0.1, -0.05) is 0 Å². The number of rotatable bonds is 2. The van der Waals surface area contributed by atoms with Crippen LogP contribution in [0, 0.1) is 0 Å². The first-order valence-electron chi connectivity index (χ1n) is 5.80. The van der Waals surface area contributed by atoms with Crippen molar-refractivity contribution in [1.29, 1.82) is 0 Å². The number of hydrogen-bond donors (Lipinski definition) is 3. The molecule has 1 aromatic rings. The molecule has 1 aliphatic heterocycles. The first-order chi connectivity index (χ1) is 9.00. The SMILES string of the molecule is NC(=O)C1CNCCN1C(=O)c1ccc(Br)c(O)c1. The maximum Gasteiger partial charge on any atom is 0.254 e. The van der Waals surface area contributed by atoms with E-state index in [9.17, 15) is 14.7 Å². The van der Waals surface area contributed by atoms with Gasteiger partial charge in [-0.3, -0.25) is 9.59 Å². The maximum absolute atomic E-state index is 12.3. The largest absolute Gasteiger partial charge is 0.507 e. The fraction of sp³-hybridized carbons (Fsp3) is 0.333. The highest BCUT2D eigenvalue weighted by Crippen LogP contribution is 2.25. The highest BCUT2D eigenvalue weighted by molar-refractivity contribution is 9.10. The van der Waals surface area contributed by atoms with E-state index in [0.717, 1.165) is 0 Å². The van der Waals surface area contributed by atoms with Gasteiger partial charge in [-0.15, -0.1) is 0 Å². The fourth-order valence-electron chi connectivity index (χ4n) is 2.01. The second-order valence-electron chi connectivity index (χ2n) is 4.29. The molecule has 0 bridgehead atoms. The summed E-state index contributed by atoms with van der Waals surface area (Å²) >= 11 is 3.15. The monoisotopic (exact) mass is 327 g/mol. The van der Waals surface area contributed by atoms with Gasteiger partial charge >= 0.3 is 0 Å². The Labute approximate surface area is 118 Å². The Hall–Kier alpha value is -1.60. The van der Waals surface area contributed by atoms with Gasteiger partial charge in [0.1, 0.15) is 11.8 Å². The van der Waals surface area contributed by atoms with Crippen LogP contribution >= 0.6 is 15.9 Å². The van der Waals surface area contributed by atoms with Gasteiger partial charge in [0.25, 0.3) is 5.91 Å². The van der Waals surface area contributed by atoms with Crippen molar-refractivity contribution in [2.75, 3.05) is 19.6 Å². The molecular weight excluding hydrogens is 314 g/mol. The molecule has 1 fully saturated rings. The van der Waals surface area contributed by atoms with Gasteiger partial charge in [-0.2, -0.15) is 0 Å². The van der Waals surface area contributed by atoms with E-state index in [1.807, 2.05) is 0 Å². The number of halogens is 1. The topological polar surface area (TPSA) is 95.7 Å². The Balaban J connectivity index is 2.26. The predicted molar refractivity (Wildman–Crippen MR) is 72.7 cm³/mol. The number of carbonyl (C=O) groups is 2. The Bertz CT molecular complexity index is 521. The van der Waals surface area contributed by atoms with E-state index < -0.39 is 11.9 Å². The number of nitrogens with one attached hydrogen (secondary N) is 1. The Morgan fingerprint density at radius 2 is 2.21 bits per heavy atom. The summed E-state index contributed by atoms with van der Waals surface area (Å²) in [5.41, 5.74) is 5.63. The van der Waals surface area contributed by atoms with Crippen LogP contribution in [0.15, 0.2) is 22.7 Å². The number of phenolic OH excluding ortho intramolecular Hbond substituents is 1. The molecule has 7 heteroatoms. The van der Waals surface area contributed by atoms with Crippen LogP contribution in [0.25, 0.3) is 0 Å². The van der Waals surface area contributed by atoms with Crippen LogP contribution in [0.4, 0.5) is 0 Å². The molecule has 0 radical (unpaired) electrons. The third-order valence-corrected chi connectivity index (χ3v) is 3.70. The third kappa shape index (κ3) is 2.87. The van der Waals surface area contributed by atoms with Crippen LogP contribution in [-0.2, 0) is 4.79 Å². The number of phenols is 1. The summed E-state index contributed by atoms with van der Waals surface area (Å²) in [6, 6.07) is 3.88. The lowest BCUT2D eigenvalue weighted by Crippen LogP contribution is -2.58. The van der Waals surface area contributed by atoms with Gasteiger partial charge < -0.3 is 21.1 Å². The molecule has 1 aliphatic rings. The van der Waals surface area contributed by atoms with Gasteiger partial charge in [-0.25, -0.2) is 0 Å². The van der Waals surface area contributed by atoms with E-state index in [4.69, 9.17) is 5.73 Å². The third-order valence-electron chi connectivity index (χ3n) is 3.03. The van der Waals surface area contributed by atoms with E-state index in [1.165, 1.54) is 11.0 Å². The molecule has 19 heavy (non-hydrogen) atoms. The normalized spacial score (nSPS) is 19.2. The van der Waals surface area contributed by atoms with Gasteiger partial charge in [0, 0.05) is 25.2 Å². The summed E-state index contributed by atoms with van der Waals surface area (Å²) in [4.78, 5) is 25.1. The van der Waals surface area contributed by atoms with Crippen molar-refractivity contribution in [2.24, 2.45) is 5.73 Å². The molecule has 1 unspecified atom stereocenters. The number of primary amides is 1. The van der Waals surface area contributed by atoms with Crippen molar-refractivity contribution in [3.05, 3.63) is 28.2 Å². The number of nitrogens with two attached hydrogens (primary N) is 1. The van der Waals surface area contributed by atoms with Crippen LogP contribution < -0.4 is 11.1 Å². The van der Waals surface area contributed by atoms with E-state index in [-0.39, 0.29) is 11.7 Å². The molecule has 1 saturated heterocycles. The lowest BCUT2D eigenvalue weighted by Gasteiger charge is -2.34. The van der Waals surface area contributed by atoms with Gasteiger partial charge in [-0.05, 0) is 34.1 Å². The standard InChI is InChI=1S/C12H14BrN3O3/c13-8-2-1-7(5-10(8)17)12(19)16-4-3-15-6-9(16)11(14)18/h1-2,5,9,15,17H,3-4,6H2,(H2,14,18). The van der Waals surface area contributed by atoms with E-state index in [2.05, 4.69) is 21.2 Å². The Kier molecular flexibility index (Phi) is 4.06. The molecule has 1 atom stereocenters. The van der Waals surface area contributed by atoms with Crippen molar-refractivity contribution < 1.29 is 14.7 Å². The van der Waals surface area contributed by atoms with Gasteiger partial charge in [0.05, 0.1) is 4.47 Å². The number of piperazine rings is 1. The molecule has 2 rings (SSSR count). The summed E-state index contributed by atoms with van der Waals surface area (Å²) in [6.07, 6.45) is 0. The zero-order valence-corrected chi connectivity index (χ0v) is 11.7. The average molecular weight is 328 g/mol. The van der Waals surface area contributed by atoms with E-state index in [1.54, 1.807) is 12.1 Å². The van der Waals surface area contributed by atoms with Crippen molar-refractivity contribution >= 4 is 27.7 Å². The molecule has 0 aromatic heterocycles. The van der Waals surface area contributed by atoms with Crippen molar-refractivity contribution in [3.63, 3.8) is 0 Å². The lowest BCUT2D eigenvalue weighted by molar-refractivity contribution is -0.122. The molecule has 102 valence electrons. The average Bonchev–Trinajstić information content (AvgIpc) is 2.41. The zero-order valence-electron chi connectivity index (χ0n) is 10.1. The predicted octanol–water partition coefficient (Wildman–Crippen LogP) is 0.0540. The molecule has 1 heterocycles. The van der Waals surface area contributed by atoms with Crippen LogP contribution in [0.5, 0.6) is 5.75 Å². The van der Waals surface area contributed by atoms with Crippen LogP contribution in [0.3, 0.4) is 0 Å². The summed E-state index contributed by atoms with van der Waals surface area (Å²) in [6.45, 7) is 1.37. The van der Waals surface area contributed by atoms with Gasteiger partial charge in [0.15, 0.2) is 0 Å². The lowest BCUT2D eigenvalue weighted by atomic mass is 10.1. The molecular formula is C12H14BrN3O3. The molecule has 1 aromatic carbocycles. The van der Waals surface area contributed by atoms with Crippen LogP contribution in [-0.4, -0.2) is 47.5 Å². The number of benzene rings is 1. The molecule has 6 nitrogen and oxygen atoms in total. The smallest absolute Gasteiger partial charge is 0.254 e. The summed E-state index contributed by atoms with van der Waals surface area (Å²) < 4.78 is 0.510. The first-order valence-corrected chi connectivity index (χ1v) is 6.59. The molecule has 4 N–H and O–H groups in total. The molecule has 2 amide bonds. The fourth-order valence-corrected chi connectivity index (χ4v) is 2.26. The highest BCUT2D eigenvalue weighted by atomic mass is 79.9. The number of carbonyl (C=O) groups excluding carboxylic acids is 2. The summed E-state index contributed by atoms with van der Waals surface area (Å²) in [5, 5.41) is 12.6. The quantitative estimate of drug-likeness (QED) is 0.715. The first kappa shape index (κ1) is 13.8. The van der Waals surface area contributed by atoms with Gasteiger partial charge in [0.2, 0.25) is 5.91 Å². The van der Waals surface area contributed by atoms with Crippen molar-refractivity contribution in [2.45, 2.75) is 6.04 Å². The molecule has 0 aliphatic carbocycles. The van der Waals surface area contributed by atoms with Crippen LogP contribution in [0.2, 0.25) is 0 Å². The zero-order chi connectivity index (χ0) is 14.0. The minimum absolute atomic E-state index is 0.0170. The summed E-state index contributed by atoms with van der Waals surface area (Å²) in [5.74, 6) is -0.869. The number of amides is 2. The van der Waals surface area contributed by atoms with Crippen molar-refractivity contribution in [1.82, 2.24) is 10.2 Å².